The van der Waals surface area contributed by atoms with Crippen LogP contribution < -0.4 is 0 Å². The van der Waals surface area contributed by atoms with Crippen molar-refractivity contribution in [1.82, 2.24) is 19.6 Å². The number of amides is 1. The maximum Gasteiger partial charge on any atom is 0.274 e. The number of carbonyl (C=O) groups excluding carboxylic acids is 1. The number of aryl methyl sites for hydroxylation is 1. The van der Waals surface area contributed by atoms with Crippen molar-refractivity contribution in [3.63, 3.8) is 0 Å². The molecule has 4 rings (SSSR count). The molecule has 2 fully saturated rings. The molecule has 0 saturated carbocycles. The van der Waals surface area contributed by atoms with E-state index in [0.29, 0.717) is 6.04 Å². The highest BCUT2D eigenvalue weighted by molar-refractivity contribution is 7.99. The third-order valence-electron chi connectivity index (χ3n) is 6.28. The van der Waals surface area contributed by atoms with Crippen molar-refractivity contribution < 1.29 is 4.79 Å². The Bertz CT molecular complexity index is 630. The van der Waals surface area contributed by atoms with Gasteiger partial charge in [-0.15, -0.1) is 0 Å². The molecule has 1 amide bonds. The van der Waals surface area contributed by atoms with Crippen molar-refractivity contribution in [1.29, 1.82) is 0 Å². The molecule has 26 heavy (non-hydrogen) atoms. The van der Waals surface area contributed by atoms with Crippen molar-refractivity contribution in [2.75, 3.05) is 37.7 Å². The third-order valence-corrected chi connectivity index (χ3v) is 7.22. The predicted octanol–water partition coefficient (Wildman–Crippen LogP) is 2.83. The minimum Gasteiger partial charge on any atom is -0.336 e. The first-order chi connectivity index (χ1) is 12.8. The van der Waals surface area contributed by atoms with Crippen molar-refractivity contribution in [3.8, 4) is 0 Å². The Morgan fingerprint density at radius 1 is 1.12 bits per heavy atom. The molecule has 0 spiro atoms. The minimum atomic E-state index is 0.172. The number of fused-ring (bicyclic) bond motifs is 1. The van der Waals surface area contributed by atoms with E-state index >= 15 is 0 Å². The lowest BCUT2D eigenvalue weighted by Crippen LogP contribution is -2.41. The monoisotopic (exact) mass is 376 g/mol. The van der Waals surface area contributed by atoms with E-state index in [1.54, 1.807) is 0 Å². The third kappa shape index (κ3) is 3.68. The number of hydrogen-bond donors (Lipinski definition) is 0. The smallest absolute Gasteiger partial charge is 0.274 e. The average molecular weight is 377 g/mol. The van der Waals surface area contributed by atoms with Crippen LogP contribution in [0.4, 0.5) is 0 Å². The molecule has 1 aromatic rings. The molecule has 0 aromatic carbocycles. The van der Waals surface area contributed by atoms with Gasteiger partial charge in [0.05, 0.1) is 0 Å². The lowest BCUT2D eigenvalue weighted by Gasteiger charge is -2.34. The molecule has 6 heteroatoms. The SMILES string of the molecule is CCn1nc(C(=O)N2CCSCC2)c2c1CCC(N1CCCCCC1)C2. The fourth-order valence-electron chi connectivity index (χ4n) is 4.79. The number of likely N-dealkylation sites (tertiary alicyclic amines) is 1. The molecule has 0 bridgehead atoms. The largest absolute Gasteiger partial charge is 0.336 e. The van der Waals surface area contributed by atoms with E-state index in [2.05, 4.69) is 16.5 Å². The summed E-state index contributed by atoms with van der Waals surface area (Å²) in [4.78, 5) is 17.9. The van der Waals surface area contributed by atoms with E-state index in [4.69, 9.17) is 5.10 Å². The van der Waals surface area contributed by atoms with Crippen LogP contribution in [-0.2, 0) is 19.4 Å². The lowest BCUT2D eigenvalue weighted by atomic mass is 9.90. The van der Waals surface area contributed by atoms with Crippen molar-refractivity contribution >= 4 is 17.7 Å². The Kier molecular flexibility index (Phi) is 5.89. The van der Waals surface area contributed by atoms with Gasteiger partial charge in [0.25, 0.3) is 5.91 Å². The summed E-state index contributed by atoms with van der Waals surface area (Å²) in [6.45, 7) is 7.20. The average Bonchev–Trinajstić information content (AvgIpc) is 2.86. The summed E-state index contributed by atoms with van der Waals surface area (Å²) in [7, 11) is 0. The Labute approximate surface area is 161 Å². The minimum absolute atomic E-state index is 0.172. The van der Waals surface area contributed by atoms with E-state index < -0.39 is 0 Å². The Morgan fingerprint density at radius 2 is 1.85 bits per heavy atom. The van der Waals surface area contributed by atoms with E-state index in [1.165, 1.54) is 56.5 Å². The van der Waals surface area contributed by atoms with Gasteiger partial charge in [0.15, 0.2) is 5.69 Å². The Morgan fingerprint density at radius 3 is 2.54 bits per heavy atom. The van der Waals surface area contributed by atoms with Crippen LogP contribution in [0.3, 0.4) is 0 Å². The van der Waals surface area contributed by atoms with Gasteiger partial charge in [-0.25, -0.2) is 0 Å². The van der Waals surface area contributed by atoms with Crippen molar-refractivity contribution in [2.45, 2.75) is 64.5 Å². The number of nitrogens with zero attached hydrogens (tertiary/aromatic N) is 4. The molecule has 0 radical (unpaired) electrons. The van der Waals surface area contributed by atoms with E-state index in [9.17, 15) is 4.79 Å². The number of hydrogen-bond acceptors (Lipinski definition) is 4. The zero-order valence-corrected chi connectivity index (χ0v) is 16.9. The first-order valence-corrected chi connectivity index (χ1v) is 11.6. The van der Waals surface area contributed by atoms with Crippen LogP contribution in [0.5, 0.6) is 0 Å². The lowest BCUT2D eigenvalue weighted by molar-refractivity contribution is 0.0763. The van der Waals surface area contributed by atoms with Gasteiger partial charge in [0.1, 0.15) is 0 Å². The highest BCUT2D eigenvalue weighted by atomic mass is 32.2. The summed E-state index contributed by atoms with van der Waals surface area (Å²) in [5, 5.41) is 4.78. The van der Waals surface area contributed by atoms with Gasteiger partial charge in [-0.2, -0.15) is 16.9 Å². The molecule has 1 unspecified atom stereocenters. The van der Waals surface area contributed by atoms with Crippen molar-refractivity contribution in [2.24, 2.45) is 0 Å². The molecule has 5 nitrogen and oxygen atoms in total. The summed E-state index contributed by atoms with van der Waals surface area (Å²) in [6, 6.07) is 0.596. The van der Waals surface area contributed by atoms with Gasteiger partial charge in [-0.1, -0.05) is 12.8 Å². The summed E-state index contributed by atoms with van der Waals surface area (Å²) < 4.78 is 2.10. The molecule has 2 saturated heterocycles. The van der Waals surface area contributed by atoms with Crippen LogP contribution in [0.2, 0.25) is 0 Å². The number of carbonyl (C=O) groups is 1. The maximum atomic E-state index is 13.2. The number of thioether (sulfide) groups is 1. The van der Waals surface area contributed by atoms with Gasteiger partial charge >= 0.3 is 0 Å². The highest BCUT2D eigenvalue weighted by Gasteiger charge is 2.33. The van der Waals surface area contributed by atoms with Gasteiger partial charge in [0, 0.05) is 48.4 Å². The molecule has 0 N–H and O–H groups in total. The zero-order valence-electron chi connectivity index (χ0n) is 16.1. The van der Waals surface area contributed by atoms with Gasteiger partial charge < -0.3 is 9.80 Å². The van der Waals surface area contributed by atoms with Gasteiger partial charge in [0.2, 0.25) is 0 Å². The molecule has 1 aliphatic carbocycles. The first-order valence-electron chi connectivity index (χ1n) is 10.5. The standard InChI is InChI=1S/C20H32N4OS/c1-2-24-18-8-7-16(22-9-5-3-4-6-10-22)15-17(18)19(21-24)20(25)23-11-13-26-14-12-23/h16H,2-15H2,1H3. The second-order valence-corrected chi connectivity index (χ2v) is 9.07. The Hall–Kier alpha value is -1.01. The molecule has 144 valence electrons. The van der Waals surface area contributed by atoms with Gasteiger partial charge in [-0.3, -0.25) is 9.48 Å². The first kappa shape index (κ1) is 18.4. The molecule has 1 aromatic heterocycles. The normalized spacial score (nSPS) is 25.0. The van der Waals surface area contributed by atoms with E-state index in [1.807, 2.05) is 16.7 Å². The fourth-order valence-corrected chi connectivity index (χ4v) is 5.69. The molecular formula is C20H32N4OS. The van der Waals surface area contributed by atoms with Gasteiger partial charge in [-0.05, 0) is 52.1 Å². The summed E-state index contributed by atoms with van der Waals surface area (Å²) >= 11 is 1.94. The molecule has 3 aliphatic rings. The molecule has 3 heterocycles. The molecule has 1 atom stereocenters. The number of rotatable bonds is 3. The molecular weight excluding hydrogens is 344 g/mol. The zero-order chi connectivity index (χ0) is 17.9. The topological polar surface area (TPSA) is 41.4 Å². The van der Waals surface area contributed by atoms with Crippen LogP contribution in [0, 0.1) is 0 Å². The van der Waals surface area contributed by atoms with Crippen LogP contribution in [-0.4, -0.2) is 69.2 Å². The highest BCUT2D eigenvalue weighted by Crippen LogP contribution is 2.30. The van der Waals surface area contributed by atoms with Crippen LogP contribution >= 0.6 is 11.8 Å². The second kappa shape index (κ2) is 8.34. The van der Waals surface area contributed by atoms with Crippen LogP contribution in [0.1, 0.15) is 60.8 Å². The fraction of sp³-hybridized carbons (Fsp3) is 0.800. The quantitative estimate of drug-likeness (QED) is 0.813. The van der Waals surface area contributed by atoms with Crippen LogP contribution in [0.15, 0.2) is 0 Å². The van der Waals surface area contributed by atoms with E-state index in [-0.39, 0.29) is 5.91 Å². The summed E-state index contributed by atoms with van der Waals surface area (Å²) in [5.41, 5.74) is 3.34. The molecule has 2 aliphatic heterocycles. The number of aromatic nitrogens is 2. The maximum absolute atomic E-state index is 13.2. The summed E-state index contributed by atoms with van der Waals surface area (Å²) in [5.74, 6) is 2.28. The van der Waals surface area contributed by atoms with Crippen molar-refractivity contribution in [3.05, 3.63) is 17.0 Å². The summed E-state index contributed by atoms with van der Waals surface area (Å²) in [6.07, 6.45) is 8.70. The second-order valence-electron chi connectivity index (χ2n) is 7.84. The Balaban J connectivity index is 1.57. The van der Waals surface area contributed by atoms with E-state index in [0.717, 1.165) is 49.7 Å². The predicted molar refractivity (Wildman–Crippen MR) is 107 cm³/mol. The van der Waals surface area contributed by atoms with Crippen LogP contribution in [0.25, 0.3) is 0 Å².